The highest BCUT2D eigenvalue weighted by Crippen LogP contribution is 2.30. The van der Waals surface area contributed by atoms with Crippen LogP contribution in [0.4, 0.5) is 4.39 Å². The lowest BCUT2D eigenvalue weighted by Crippen LogP contribution is -2.46. The Kier molecular flexibility index (Phi) is 3.03. The smallest absolute Gasteiger partial charge is 0.251 e. The molecule has 0 spiro atoms. The molecule has 1 aliphatic heterocycles. The maximum atomic E-state index is 13.8. The van der Waals surface area contributed by atoms with Gasteiger partial charge in [0.05, 0.1) is 5.60 Å². The van der Waals surface area contributed by atoms with E-state index < -0.39 is 5.60 Å². The molecular weight excluding hydrogens is 247 g/mol. The molecule has 1 aromatic carbocycles. The summed E-state index contributed by atoms with van der Waals surface area (Å²) in [5.41, 5.74) is 1.12. The SMILES string of the molecule is O=C1NCc2cc(F)c(CNCC3(O)CCC3)cc21. The number of fused-ring (bicyclic) bond motifs is 1. The Morgan fingerprint density at radius 3 is 2.89 bits per heavy atom. The van der Waals surface area contributed by atoms with E-state index in [9.17, 15) is 14.3 Å². The van der Waals surface area contributed by atoms with Gasteiger partial charge in [0.2, 0.25) is 0 Å². The summed E-state index contributed by atoms with van der Waals surface area (Å²) in [5.74, 6) is -0.447. The van der Waals surface area contributed by atoms with Crippen molar-refractivity contribution in [3.8, 4) is 0 Å². The van der Waals surface area contributed by atoms with Crippen LogP contribution in [-0.4, -0.2) is 23.2 Å². The van der Waals surface area contributed by atoms with E-state index in [2.05, 4.69) is 10.6 Å². The second kappa shape index (κ2) is 4.58. The van der Waals surface area contributed by atoms with E-state index in [1.54, 1.807) is 6.07 Å². The van der Waals surface area contributed by atoms with Crippen molar-refractivity contribution in [2.24, 2.45) is 0 Å². The number of hydrogen-bond acceptors (Lipinski definition) is 3. The van der Waals surface area contributed by atoms with Gasteiger partial charge in [-0.05, 0) is 37.0 Å². The van der Waals surface area contributed by atoms with Crippen LogP contribution in [0.5, 0.6) is 0 Å². The predicted octanol–water partition coefficient (Wildman–Crippen LogP) is 1.07. The Morgan fingerprint density at radius 1 is 1.42 bits per heavy atom. The Balaban J connectivity index is 1.67. The summed E-state index contributed by atoms with van der Waals surface area (Å²) in [4.78, 5) is 11.5. The van der Waals surface area contributed by atoms with E-state index >= 15 is 0 Å². The third-order valence-electron chi connectivity index (χ3n) is 4.01. The molecule has 1 fully saturated rings. The van der Waals surface area contributed by atoms with Crippen molar-refractivity contribution in [1.29, 1.82) is 0 Å². The van der Waals surface area contributed by atoms with Gasteiger partial charge in [-0.1, -0.05) is 0 Å². The fourth-order valence-corrected chi connectivity index (χ4v) is 2.61. The van der Waals surface area contributed by atoms with Crippen LogP contribution in [-0.2, 0) is 13.1 Å². The van der Waals surface area contributed by atoms with Gasteiger partial charge in [0, 0.05) is 30.8 Å². The van der Waals surface area contributed by atoms with Crippen LogP contribution in [0.3, 0.4) is 0 Å². The predicted molar refractivity (Wildman–Crippen MR) is 68.1 cm³/mol. The zero-order valence-corrected chi connectivity index (χ0v) is 10.6. The lowest BCUT2D eigenvalue weighted by Gasteiger charge is -2.36. The summed E-state index contributed by atoms with van der Waals surface area (Å²) in [7, 11) is 0. The minimum absolute atomic E-state index is 0.145. The Bertz CT molecular complexity index is 526. The average Bonchev–Trinajstić information content (AvgIpc) is 2.69. The number of aliphatic hydroxyl groups is 1. The minimum atomic E-state index is -0.620. The largest absolute Gasteiger partial charge is 0.389 e. The number of halogens is 1. The standard InChI is InChI=1S/C14H17FN2O2/c15-12-5-9-7-17-13(18)11(9)4-10(12)6-16-8-14(19)2-1-3-14/h4-5,16,19H,1-3,6-8H2,(H,17,18). The zero-order valence-electron chi connectivity index (χ0n) is 10.6. The van der Waals surface area contributed by atoms with Crippen molar-refractivity contribution in [2.45, 2.75) is 38.0 Å². The van der Waals surface area contributed by atoms with Gasteiger partial charge in [0.25, 0.3) is 5.91 Å². The van der Waals surface area contributed by atoms with Gasteiger partial charge in [-0.15, -0.1) is 0 Å². The minimum Gasteiger partial charge on any atom is -0.389 e. The van der Waals surface area contributed by atoms with Crippen molar-refractivity contribution in [1.82, 2.24) is 10.6 Å². The molecule has 19 heavy (non-hydrogen) atoms. The van der Waals surface area contributed by atoms with E-state index in [1.165, 1.54) is 6.07 Å². The van der Waals surface area contributed by atoms with E-state index in [1.807, 2.05) is 0 Å². The molecular formula is C14H17FN2O2. The maximum Gasteiger partial charge on any atom is 0.251 e. The summed E-state index contributed by atoms with van der Waals surface area (Å²) in [6.07, 6.45) is 2.65. The molecule has 0 saturated heterocycles. The van der Waals surface area contributed by atoms with Gasteiger partial charge < -0.3 is 15.7 Å². The first kappa shape index (κ1) is 12.6. The Morgan fingerprint density at radius 2 is 2.21 bits per heavy atom. The fourth-order valence-electron chi connectivity index (χ4n) is 2.61. The number of rotatable bonds is 4. The van der Waals surface area contributed by atoms with Crippen LogP contribution >= 0.6 is 0 Å². The normalized spacial score (nSPS) is 19.8. The molecule has 3 rings (SSSR count). The van der Waals surface area contributed by atoms with Gasteiger partial charge in [-0.25, -0.2) is 4.39 Å². The first-order valence-electron chi connectivity index (χ1n) is 6.60. The van der Waals surface area contributed by atoms with Gasteiger partial charge in [0.1, 0.15) is 5.82 Å². The number of carbonyl (C=O) groups excluding carboxylic acids is 1. The lowest BCUT2D eigenvalue weighted by atomic mass is 9.80. The quantitative estimate of drug-likeness (QED) is 0.762. The summed E-state index contributed by atoms with van der Waals surface area (Å²) in [6, 6.07) is 3.02. The molecule has 2 aliphatic rings. The second-order valence-corrected chi connectivity index (χ2v) is 5.46. The van der Waals surface area contributed by atoms with Crippen molar-refractivity contribution in [2.75, 3.05) is 6.54 Å². The first-order valence-corrected chi connectivity index (χ1v) is 6.60. The molecule has 1 aliphatic carbocycles. The summed E-state index contributed by atoms with van der Waals surface area (Å²) in [6.45, 7) is 1.20. The monoisotopic (exact) mass is 264 g/mol. The number of nitrogens with one attached hydrogen (secondary N) is 2. The molecule has 1 heterocycles. The molecule has 102 valence electrons. The molecule has 1 amide bonds. The molecule has 0 bridgehead atoms. The Hall–Kier alpha value is -1.46. The van der Waals surface area contributed by atoms with E-state index in [-0.39, 0.29) is 11.7 Å². The molecule has 0 radical (unpaired) electrons. The topological polar surface area (TPSA) is 61.4 Å². The van der Waals surface area contributed by atoms with E-state index in [0.717, 1.165) is 19.3 Å². The highest BCUT2D eigenvalue weighted by molar-refractivity contribution is 5.98. The highest BCUT2D eigenvalue weighted by atomic mass is 19.1. The van der Waals surface area contributed by atoms with Crippen molar-refractivity contribution in [3.05, 3.63) is 34.6 Å². The fraction of sp³-hybridized carbons (Fsp3) is 0.500. The molecule has 1 aromatic rings. The molecule has 3 N–H and O–H groups in total. The van der Waals surface area contributed by atoms with Crippen molar-refractivity contribution in [3.63, 3.8) is 0 Å². The first-order chi connectivity index (χ1) is 9.07. The summed E-state index contributed by atoms with van der Waals surface area (Å²) < 4.78 is 13.8. The molecule has 1 saturated carbocycles. The van der Waals surface area contributed by atoms with E-state index in [0.29, 0.717) is 36.3 Å². The second-order valence-electron chi connectivity index (χ2n) is 5.46. The molecule has 0 aromatic heterocycles. The summed E-state index contributed by atoms with van der Waals surface area (Å²) >= 11 is 0. The molecule has 5 heteroatoms. The van der Waals surface area contributed by atoms with Crippen LogP contribution < -0.4 is 10.6 Å². The number of carbonyl (C=O) groups is 1. The van der Waals surface area contributed by atoms with Crippen LogP contribution in [0, 0.1) is 5.82 Å². The van der Waals surface area contributed by atoms with Crippen molar-refractivity contribution < 1.29 is 14.3 Å². The van der Waals surface area contributed by atoms with Gasteiger partial charge in [-0.3, -0.25) is 4.79 Å². The van der Waals surface area contributed by atoms with Crippen LogP contribution in [0.25, 0.3) is 0 Å². The van der Waals surface area contributed by atoms with Gasteiger partial charge >= 0.3 is 0 Å². The Labute approximate surface area is 111 Å². The zero-order chi connectivity index (χ0) is 13.5. The number of hydrogen-bond donors (Lipinski definition) is 3. The van der Waals surface area contributed by atoms with Crippen LogP contribution in [0.1, 0.15) is 40.7 Å². The van der Waals surface area contributed by atoms with Crippen molar-refractivity contribution >= 4 is 5.91 Å². The van der Waals surface area contributed by atoms with Gasteiger partial charge in [-0.2, -0.15) is 0 Å². The highest BCUT2D eigenvalue weighted by Gasteiger charge is 2.33. The van der Waals surface area contributed by atoms with Gasteiger partial charge in [0.15, 0.2) is 0 Å². The molecule has 4 nitrogen and oxygen atoms in total. The summed E-state index contributed by atoms with van der Waals surface area (Å²) in [5, 5.41) is 15.7. The third kappa shape index (κ3) is 2.35. The van der Waals surface area contributed by atoms with E-state index in [4.69, 9.17) is 0 Å². The van der Waals surface area contributed by atoms with Crippen LogP contribution in [0.2, 0.25) is 0 Å². The maximum absolute atomic E-state index is 13.8. The van der Waals surface area contributed by atoms with Crippen LogP contribution in [0.15, 0.2) is 12.1 Å². The number of benzene rings is 1. The molecule has 0 unspecified atom stereocenters. The number of amides is 1. The third-order valence-corrected chi connectivity index (χ3v) is 4.01. The average molecular weight is 264 g/mol. The lowest BCUT2D eigenvalue weighted by molar-refractivity contribution is -0.0315. The molecule has 0 atom stereocenters.